The third kappa shape index (κ3) is 2.71. The topological polar surface area (TPSA) is 41.1 Å². The molecule has 5 heteroatoms. The van der Waals surface area contributed by atoms with E-state index in [1.54, 1.807) is 17.7 Å². The minimum absolute atomic E-state index is 0.996. The number of piperazine rings is 1. The Morgan fingerprint density at radius 3 is 2.65 bits per heavy atom. The van der Waals surface area contributed by atoms with Gasteiger partial charge in [0.05, 0.1) is 5.39 Å². The molecule has 1 aliphatic heterocycles. The number of rotatable bonds is 3. The lowest BCUT2D eigenvalue weighted by atomic mass is 10.0. The molecule has 0 radical (unpaired) electrons. The molecule has 1 aliphatic rings. The second-order valence-electron chi connectivity index (χ2n) is 5.81. The summed E-state index contributed by atoms with van der Waals surface area (Å²) in [5.41, 5.74) is 3.87. The molecule has 0 bridgehead atoms. The first kappa shape index (κ1) is 14.6. The number of fused-ring (bicyclic) bond motifs is 1. The van der Waals surface area contributed by atoms with Gasteiger partial charge >= 0.3 is 0 Å². The van der Waals surface area contributed by atoms with E-state index in [1.807, 2.05) is 0 Å². The van der Waals surface area contributed by atoms with Crippen LogP contribution in [0.3, 0.4) is 0 Å². The Bertz CT molecular complexity index is 804. The van der Waals surface area contributed by atoms with Crippen molar-refractivity contribution in [2.24, 2.45) is 0 Å². The summed E-state index contributed by atoms with van der Waals surface area (Å²) in [6, 6.07) is 8.87. The average molecular weight is 324 g/mol. The van der Waals surface area contributed by atoms with Crippen molar-refractivity contribution in [2.75, 3.05) is 31.1 Å². The molecule has 4 nitrogen and oxygen atoms in total. The van der Waals surface area contributed by atoms with Crippen LogP contribution >= 0.6 is 11.3 Å². The van der Waals surface area contributed by atoms with Gasteiger partial charge in [-0.15, -0.1) is 11.3 Å². The lowest BCUT2D eigenvalue weighted by Crippen LogP contribution is -2.44. The number of benzene rings is 1. The zero-order valence-electron chi connectivity index (χ0n) is 13.2. The van der Waals surface area contributed by atoms with Crippen LogP contribution in [0.5, 0.6) is 0 Å². The predicted octanol–water partition coefficient (Wildman–Crippen LogP) is 3.33. The van der Waals surface area contributed by atoms with E-state index in [0.717, 1.165) is 43.2 Å². The molecule has 2 aromatic heterocycles. The Labute approximate surface area is 140 Å². The molecule has 3 heterocycles. The molecule has 23 heavy (non-hydrogen) atoms. The highest BCUT2D eigenvalue weighted by Gasteiger charge is 2.19. The minimum Gasteiger partial charge on any atom is -0.353 e. The Kier molecular flexibility index (Phi) is 3.97. The van der Waals surface area contributed by atoms with Crippen LogP contribution < -0.4 is 10.2 Å². The van der Waals surface area contributed by atoms with Gasteiger partial charge in [0.2, 0.25) is 0 Å². The second-order valence-corrected chi connectivity index (χ2v) is 6.67. The first-order valence-electron chi connectivity index (χ1n) is 8.14. The summed E-state index contributed by atoms with van der Waals surface area (Å²) >= 11 is 1.70. The fraction of sp³-hybridized carbons (Fsp3) is 0.333. The summed E-state index contributed by atoms with van der Waals surface area (Å²) in [7, 11) is 0. The molecule has 1 N–H and O–H groups in total. The Morgan fingerprint density at radius 1 is 1.13 bits per heavy atom. The smallest absolute Gasteiger partial charge is 0.141 e. The van der Waals surface area contributed by atoms with E-state index in [9.17, 15) is 0 Å². The van der Waals surface area contributed by atoms with Crippen molar-refractivity contribution in [3.63, 3.8) is 0 Å². The van der Waals surface area contributed by atoms with E-state index in [4.69, 9.17) is 0 Å². The summed E-state index contributed by atoms with van der Waals surface area (Å²) in [5, 5.41) is 6.81. The standard InChI is InChI=1S/C18H20N4S/c1-2-13-3-5-14(6-4-13)15-11-23-18-16(15)17(20-12-21-18)22-9-7-19-8-10-22/h3-6,11-12,19H,2,7-10H2,1H3. The number of nitrogens with zero attached hydrogens (tertiary/aromatic N) is 3. The van der Waals surface area contributed by atoms with Crippen LogP contribution in [0.4, 0.5) is 5.82 Å². The molecule has 1 fully saturated rings. The second kappa shape index (κ2) is 6.26. The first-order valence-corrected chi connectivity index (χ1v) is 9.02. The third-order valence-electron chi connectivity index (χ3n) is 4.44. The maximum atomic E-state index is 4.62. The number of anilines is 1. The van der Waals surface area contributed by atoms with E-state index in [1.165, 1.54) is 22.1 Å². The number of hydrogen-bond donors (Lipinski definition) is 1. The van der Waals surface area contributed by atoms with Crippen LogP contribution in [0.25, 0.3) is 21.3 Å². The summed E-state index contributed by atoms with van der Waals surface area (Å²) in [6.45, 7) is 6.20. The number of hydrogen-bond acceptors (Lipinski definition) is 5. The zero-order chi connectivity index (χ0) is 15.6. The highest BCUT2D eigenvalue weighted by atomic mass is 32.1. The predicted molar refractivity (Wildman–Crippen MR) is 97.3 cm³/mol. The molecule has 0 saturated carbocycles. The fourth-order valence-corrected chi connectivity index (χ4v) is 4.02. The highest BCUT2D eigenvalue weighted by molar-refractivity contribution is 7.17. The number of nitrogens with one attached hydrogen (secondary N) is 1. The Hall–Kier alpha value is -1.98. The van der Waals surface area contributed by atoms with Gasteiger partial charge in [-0.25, -0.2) is 9.97 Å². The molecule has 1 aromatic carbocycles. The van der Waals surface area contributed by atoms with Crippen molar-refractivity contribution in [3.05, 3.63) is 41.5 Å². The van der Waals surface area contributed by atoms with Crippen LogP contribution in [-0.2, 0) is 6.42 Å². The molecule has 4 rings (SSSR count). The van der Waals surface area contributed by atoms with E-state index < -0.39 is 0 Å². The van der Waals surface area contributed by atoms with Gasteiger partial charge in [0.1, 0.15) is 17.0 Å². The van der Waals surface area contributed by atoms with E-state index in [0.29, 0.717) is 0 Å². The van der Waals surface area contributed by atoms with Crippen molar-refractivity contribution in [3.8, 4) is 11.1 Å². The van der Waals surface area contributed by atoms with Gasteiger partial charge in [0, 0.05) is 37.1 Å². The molecule has 118 valence electrons. The summed E-state index contributed by atoms with van der Waals surface area (Å²) < 4.78 is 0. The van der Waals surface area contributed by atoms with Crippen molar-refractivity contribution in [2.45, 2.75) is 13.3 Å². The summed E-state index contributed by atoms with van der Waals surface area (Å²) in [6.07, 6.45) is 2.76. The summed E-state index contributed by atoms with van der Waals surface area (Å²) in [5.74, 6) is 1.08. The van der Waals surface area contributed by atoms with Gasteiger partial charge < -0.3 is 10.2 Å². The van der Waals surface area contributed by atoms with Gasteiger partial charge in [-0.2, -0.15) is 0 Å². The largest absolute Gasteiger partial charge is 0.353 e. The van der Waals surface area contributed by atoms with Crippen molar-refractivity contribution < 1.29 is 0 Å². The molecule has 0 unspecified atom stereocenters. The van der Waals surface area contributed by atoms with E-state index >= 15 is 0 Å². The lowest BCUT2D eigenvalue weighted by Gasteiger charge is -2.29. The number of aryl methyl sites for hydroxylation is 1. The molecule has 0 aliphatic carbocycles. The minimum atomic E-state index is 0.996. The molecule has 0 spiro atoms. The Morgan fingerprint density at radius 2 is 1.91 bits per heavy atom. The van der Waals surface area contributed by atoms with Crippen molar-refractivity contribution in [1.29, 1.82) is 0 Å². The quantitative estimate of drug-likeness (QED) is 0.802. The van der Waals surface area contributed by atoms with Crippen molar-refractivity contribution in [1.82, 2.24) is 15.3 Å². The zero-order valence-corrected chi connectivity index (χ0v) is 14.1. The first-order chi connectivity index (χ1) is 11.4. The fourth-order valence-electron chi connectivity index (χ4n) is 3.11. The van der Waals surface area contributed by atoms with Gasteiger partial charge in [-0.1, -0.05) is 31.2 Å². The van der Waals surface area contributed by atoms with Crippen LogP contribution in [0.2, 0.25) is 0 Å². The molecule has 3 aromatic rings. The van der Waals surface area contributed by atoms with E-state index in [-0.39, 0.29) is 0 Å². The van der Waals surface area contributed by atoms with Gasteiger partial charge in [0.15, 0.2) is 0 Å². The SMILES string of the molecule is CCc1ccc(-c2csc3ncnc(N4CCNCC4)c23)cc1. The van der Waals surface area contributed by atoms with Gasteiger partial charge in [0.25, 0.3) is 0 Å². The summed E-state index contributed by atoms with van der Waals surface area (Å²) in [4.78, 5) is 12.5. The van der Waals surface area contributed by atoms with Crippen LogP contribution in [-0.4, -0.2) is 36.1 Å². The maximum Gasteiger partial charge on any atom is 0.141 e. The van der Waals surface area contributed by atoms with Crippen LogP contribution in [0.1, 0.15) is 12.5 Å². The van der Waals surface area contributed by atoms with Gasteiger partial charge in [-0.3, -0.25) is 0 Å². The molecule has 1 saturated heterocycles. The molecular formula is C18H20N4S. The monoisotopic (exact) mass is 324 g/mol. The third-order valence-corrected chi connectivity index (χ3v) is 5.33. The average Bonchev–Trinajstić information content (AvgIpc) is 3.07. The molecule has 0 atom stereocenters. The normalized spacial score (nSPS) is 15.3. The lowest BCUT2D eigenvalue weighted by molar-refractivity contribution is 0.586. The maximum absolute atomic E-state index is 4.62. The molecular weight excluding hydrogens is 304 g/mol. The number of aromatic nitrogens is 2. The van der Waals surface area contributed by atoms with Crippen molar-refractivity contribution >= 4 is 27.4 Å². The van der Waals surface area contributed by atoms with Crippen LogP contribution in [0.15, 0.2) is 36.0 Å². The molecule has 0 amide bonds. The van der Waals surface area contributed by atoms with Crippen LogP contribution in [0, 0.1) is 0 Å². The Balaban J connectivity index is 1.83. The van der Waals surface area contributed by atoms with E-state index in [2.05, 4.69) is 56.8 Å². The van der Waals surface area contributed by atoms with Gasteiger partial charge in [-0.05, 0) is 17.5 Å². The number of thiophene rings is 1. The highest BCUT2D eigenvalue weighted by Crippen LogP contribution is 2.37.